The molecule has 0 bridgehead atoms. The van der Waals surface area contributed by atoms with Gasteiger partial charge in [-0.15, -0.1) is 0 Å². The Morgan fingerprint density at radius 1 is 1.08 bits per heavy atom. The van der Waals surface area contributed by atoms with Gasteiger partial charge in [0.25, 0.3) is 0 Å². The first-order chi connectivity index (χ1) is 12.3. The third kappa shape index (κ3) is 4.56. The summed E-state index contributed by atoms with van der Waals surface area (Å²) in [6.07, 6.45) is 3.09. The lowest BCUT2D eigenvalue weighted by Crippen LogP contribution is -2.32. The van der Waals surface area contributed by atoms with Crippen molar-refractivity contribution in [1.82, 2.24) is 9.88 Å². The molecule has 1 fully saturated rings. The van der Waals surface area contributed by atoms with Crippen LogP contribution in [-0.4, -0.2) is 47.7 Å². The molecule has 5 heteroatoms. The number of aliphatic hydroxyl groups excluding tert-OH is 1. The Bertz CT molecular complexity index is 713. The largest absolute Gasteiger partial charge is 0.388 e. The van der Waals surface area contributed by atoms with Crippen molar-refractivity contribution in [3.63, 3.8) is 0 Å². The molecule has 1 aliphatic rings. The first-order valence-electron chi connectivity index (χ1n) is 8.83. The predicted molar refractivity (Wildman–Crippen MR) is 98.2 cm³/mol. The molecule has 1 aromatic heterocycles. The van der Waals surface area contributed by atoms with E-state index in [1.165, 1.54) is 0 Å². The molecule has 2 aromatic rings. The van der Waals surface area contributed by atoms with Crippen molar-refractivity contribution < 1.29 is 5.11 Å². The molecule has 1 atom stereocenters. The van der Waals surface area contributed by atoms with Crippen LogP contribution in [0, 0.1) is 11.3 Å². The van der Waals surface area contributed by atoms with E-state index in [2.05, 4.69) is 20.9 Å². The van der Waals surface area contributed by atoms with E-state index in [0.29, 0.717) is 5.56 Å². The summed E-state index contributed by atoms with van der Waals surface area (Å²) in [6, 6.07) is 15.7. The summed E-state index contributed by atoms with van der Waals surface area (Å²) >= 11 is 0. The van der Waals surface area contributed by atoms with Crippen LogP contribution < -0.4 is 4.90 Å². The molecule has 1 aromatic carbocycles. The number of rotatable bonds is 5. The zero-order valence-electron chi connectivity index (χ0n) is 14.4. The van der Waals surface area contributed by atoms with Crippen LogP contribution in [0.1, 0.15) is 30.1 Å². The maximum absolute atomic E-state index is 10.3. The molecule has 0 radical (unpaired) electrons. The van der Waals surface area contributed by atoms with Gasteiger partial charge in [0.05, 0.1) is 11.7 Å². The number of aromatic nitrogens is 1. The highest BCUT2D eigenvalue weighted by molar-refractivity contribution is 5.53. The SMILES string of the molecule is N#Cc1cccnc1N1CCCN(CC[C@@H](O)c2ccccc2)CC1. The van der Waals surface area contributed by atoms with E-state index < -0.39 is 6.10 Å². The number of nitriles is 1. The van der Waals surface area contributed by atoms with Crippen LogP contribution in [-0.2, 0) is 0 Å². The van der Waals surface area contributed by atoms with Crippen LogP contribution >= 0.6 is 0 Å². The number of anilines is 1. The van der Waals surface area contributed by atoms with Gasteiger partial charge < -0.3 is 14.9 Å². The fourth-order valence-corrected chi connectivity index (χ4v) is 3.29. The van der Waals surface area contributed by atoms with Gasteiger partial charge >= 0.3 is 0 Å². The van der Waals surface area contributed by atoms with Crippen LogP contribution in [0.15, 0.2) is 48.7 Å². The molecule has 0 aliphatic carbocycles. The van der Waals surface area contributed by atoms with Crippen molar-refractivity contribution in [3.8, 4) is 6.07 Å². The molecule has 5 nitrogen and oxygen atoms in total. The molecular weight excluding hydrogens is 312 g/mol. The monoisotopic (exact) mass is 336 g/mol. The number of nitrogens with zero attached hydrogens (tertiary/aromatic N) is 4. The van der Waals surface area contributed by atoms with E-state index in [1.54, 1.807) is 12.3 Å². The van der Waals surface area contributed by atoms with Crippen molar-refractivity contribution in [2.45, 2.75) is 18.9 Å². The lowest BCUT2D eigenvalue weighted by atomic mass is 10.1. The Labute approximate surface area is 149 Å². The van der Waals surface area contributed by atoms with Gasteiger partial charge in [-0.3, -0.25) is 0 Å². The molecular formula is C20H24N4O. The number of aliphatic hydroxyl groups is 1. The van der Waals surface area contributed by atoms with Crippen LogP contribution in [0.4, 0.5) is 5.82 Å². The summed E-state index contributed by atoms with van der Waals surface area (Å²) in [7, 11) is 0. The topological polar surface area (TPSA) is 63.4 Å². The summed E-state index contributed by atoms with van der Waals surface area (Å²) in [5.74, 6) is 0.788. The average Bonchev–Trinajstić information content (AvgIpc) is 2.92. The molecule has 1 aliphatic heterocycles. The first kappa shape index (κ1) is 17.4. The van der Waals surface area contributed by atoms with E-state index in [9.17, 15) is 10.4 Å². The molecule has 0 unspecified atom stereocenters. The van der Waals surface area contributed by atoms with Crippen LogP contribution in [0.25, 0.3) is 0 Å². The van der Waals surface area contributed by atoms with Gasteiger partial charge in [0, 0.05) is 32.4 Å². The highest BCUT2D eigenvalue weighted by Crippen LogP contribution is 2.20. The van der Waals surface area contributed by atoms with Gasteiger partial charge in [-0.05, 0) is 37.1 Å². The van der Waals surface area contributed by atoms with E-state index in [0.717, 1.165) is 56.9 Å². The van der Waals surface area contributed by atoms with Crippen molar-refractivity contribution >= 4 is 5.82 Å². The molecule has 0 saturated carbocycles. The Kier molecular flexibility index (Phi) is 5.99. The van der Waals surface area contributed by atoms with Gasteiger partial charge in [-0.2, -0.15) is 5.26 Å². The smallest absolute Gasteiger partial charge is 0.146 e. The first-order valence-corrected chi connectivity index (χ1v) is 8.83. The second-order valence-corrected chi connectivity index (χ2v) is 6.38. The quantitative estimate of drug-likeness (QED) is 0.909. The third-order valence-corrected chi connectivity index (χ3v) is 4.70. The van der Waals surface area contributed by atoms with Gasteiger partial charge in [-0.1, -0.05) is 30.3 Å². The number of benzene rings is 1. The summed E-state index contributed by atoms with van der Waals surface area (Å²) in [4.78, 5) is 8.99. The van der Waals surface area contributed by atoms with Gasteiger partial charge in [0.2, 0.25) is 0 Å². The zero-order chi connectivity index (χ0) is 17.5. The lowest BCUT2D eigenvalue weighted by Gasteiger charge is -2.24. The average molecular weight is 336 g/mol. The Balaban J connectivity index is 1.54. The van der Waals surface area contributed by atoms with Crippen LogP contribution in [0.5, 0.6) is 0 Å². The summed E-state index contributed by atoms with van der Waals surface area (Å²) in [5, 5.41) is 19.6. The second kappa shape index (κ2) is 8.61. The molecule has 1 N–H and O–H groups in total. The normalized spacial score (nSPS) is 16.9. The Morgan fingerprint density at radius 3 is 2.72 bits per heavy atom. The maximum atomic E-state index is 10.3. The minimum atomic E-state index is -0.415. The van der Waals surface area contributed by atoms with Gasteiger partial charge in [0.1, 0.15) is 11.9 Å². The maximum Gasteiger partial charge on any atom is 0.146 e. The molecule has 130 valence electrons. The molecule has 0 amide bonds. The van der Waals surface area contributed by atoms with Crippen molar-refractivity contribution in [2.75, 3.05) is 37.6 Å². The third-order valence-electron chi connectivity index (χ3n) is 4.70. The standard InChI is InChI=1S/C20H24N4O/c21-16-18-8-4-10-22-20(18)24-12-5-11-23(14-15-24)13-9-19(25)17-6-2-1-3-7-17/h1-4,6-8,10,19,25H,5,9,11-15H2/t19-/m1/s1. The summed E-state index contributed by atoms with van der Waals surface area (Å²) in [6.45, 7) is 4.56. The van der Waals surface area contributed by atoms with Crippen molar-refractivity contribution in [3.05, 3.63) is 59.8 Å². The Hall–Kier alpha value is -2.42. The van der Waals surface area contributed by atoms with Crippen molar-refractivity contribution in [1.29, 1.82) is 5.26 Å². The molecule has 2 heterocycles. The van der Waals surface area contributed by atoms with Crippen LogP contribution in [0.2, 0.25) is 0 Å². The second-order valence-electron chi connectivity index (χ2n) is 6.38. The van der Waals surface area contributed by atoms with Crippen LogP contribution in [0.3, 0.4) is 0 Å². The summed E-state index contributed by atoms with van der Waals surface area (Å²) < 4.78 is 0. The number of hydrogen-bond acceptors (Lipinski definition) is 5. The highest BCUT2D eigenvalue weighted by Gasteiger charge is 2.19. The minimum absolute atomic E-state index is 0.415. The number of pyridine rings is 1. The molecule has 0 spiro atoms. The van der Waals surface area contributed by atoms with Crippen molar-refractivity contribution in [2.24, 2.45) is 0 Å². The Morgan fingerprint density at radius 2 is 1.92 bits per heavy atom. The lowest BCUT2D eigenvalue weighted by molar-refractivity contribution is 0.144. The molecule has 1 saturated heterocycles. The minimum Gasteiger partial charge on any atom is -0.388 e. The van der Waals surface area contributed by atoms with Gasteiger partial charge in [0.15, 0.2) is 0 Å². The van der Waals surface area contributed by atoms with E-state index in [-0.39, 0.29) is 0 Å². The molecule has 25 heavy (non-hydrogen) atoms. The molecule has 3 rings (SSSR count). The zero-order valence-corrected chi connectivity index (χ0v) is 14.4. The fraction of sp³-hybridized carbons (Fsp3) is 0.400. The van der Waals surface area contributed by atoms with E-state index in [1.807, 2.05) is 36.4 Å². The highest BCUT2D eigenvalue weighted by atomic mass is 16.3. The van der Waals surface area contributed by atoms with Gasteiger partial charge in [-0.25, -0.2) is 4.98 Å². The van der Waals surface area contributed by atoms with E-state index >= 15 is 0 Å². The predicted octanol–water partition coefficient (Wildman–Crippen LogP) is 2.59. The number of hydrogen-bond donors (Lipinski definition) is 1. The summed E-state index contributed by atoms with van der Waals surface area (Å²) in [5.41, 5.74) is 1.61. The van der Waals surface area contributed by atoms with E-state index in [4.69, 9.17) is 0 Å². The fourth-order valence-electron chi connectivity index (χ4n) is 3.29.